The van der Waals surface area contributed by atoms with Crippen molar-refractivity contribution in [3.05, 3.63) is 30.1 Å². The van der Waals surface area contributed by atoms with Gasteiger partial charge >= 0.3 is 0 Å². The fraction of sp³-hybridized carbons (Fsp3) is 0.467. The molecular formula is C15H18N4O. The molecule has 104 valence electrons. The maximum atomic E-state index is 9.77. The van der Waals surface area contributed by atoms with Crippen molar-refractivity contribution in [2.75, 3.05) is 18.0 Å². The summed E-state index contributed by atoms with van der Waals surface area (Å²) in [6.07, 6.45) is 8.15. The number of aliphatic hydroxyl groups is 1. The summed E-state index contributed by atoms with van der Waals surface area (Å²) in [6, 6.07) is 4.06. The van der Waals surface area contributed by atoms with Gasteiger partial charge in [-0.25, -0.2) is 4.98 Å². The van der Waals surface area contributed by atoms with Crippen LogP contribution in [0.25, 0.3) is 11.2 Å². The second-order valence-corrected chi connectivity index (χ2v) is 5.61. The van der Waals surface area contributed by atoms with Crippen LogP contribution in [0.5, 0.6) is 0 Å². The van der Waals surface area contributed by atoms with Gasteiger partial charge in [0.25, 0.3) is 0 Å². The molecule has 20 heavy (non-hydrogen) atoms. The van der Waals surface area contributed by atoms with Gasteiger partial charge < -0.3 is 10.0 Å². The SMILES string of the molecule is OC1CCN(c2cc(C3=CCCC3)nc3ccnn23)C1. The quantitative estimate of drug-likeness (QED) is 0.905. The number of aromatic nitrogens is 3. The maximum Gasteiger partial charge on any atom is 0.157 e. The molecule has 2 aromatic heterocycles. The summed E-state index contributed by atoms with van der Waals surface area (Å²) in [4.78, 5) is 6.91. The molecule has 0 saturated carbocycles. The number of anilines is 1. The van der Waals surface area contributed by atoms with Gasteiger partial charge in [-0.05, 0) is 31.3 Å². The summed E-state index contributed by atoms with van der Waals surface area (Å²) < 4.78 is 1.87. The molecule has 5 nitrogen and oxygen atoms in total. The Morgan fingerprint density at radius 1 is 1.35 bits per heavy atom. The van der Waals surface area contributed by atoms with E-state index in [0.717, 1.165) is 43.0 Å². The fourth-order valence-corrected chi connectivity index (χ4v) is 3.14. The van der Waals surface area contributed by atoms with Gasteiger partial charge in [0.05, 0.1) is 18.0 Å². The van der Waals surface area contributed by atoms with Crippen molar-refractivity contribution in [3.8, 4) is 0 Å². The Labute approximate surface area is 117 Å². The van der Waals surface area contributed by atoms with E-state index >= 15 is 0 Å². The third-order valence-electron chi connectivity index (χ3n) is 4.20. The Morgan fingerprint density at radius 2 is 2.30 bits per heavy atom. The number of nitrogens with zero attached hydrogens (tertiary/aromatic N) is 4. The first-order chi connectivity index (χ1) is 9.81. The second-order valence-electron chi connectivity index (χ2n) is 5.61. The molecule has 0 spiro atoms. The van der Waals surface area contributed by atoms with Crippen molar-refractivity contribution >= 4 is 17.0 Å². The van der Waals surface area contributed by atoms with Crippen molar-refractivity contribution in [2.24, 2.45) is 0 Å². The number of fused-ring (bicyclic) bond motifs is 1. The number of β-amino-alcohol motifs (C(OH)–C–C–N with tert-alkyl or cyclic N) is 1. The smallest absolute Gasteiger partial charge is 0.157 e. The summed E-state index contributed by atoms with van der Waals surface area (Å²) in [5.74, 6) is 1.04. The van der Waals surface area contributed by atoms with E-state index in [1.165, 1.54) is 12.0 Å². The highest BCUT2D eigenvalue weighted by atomic mass is 16.3. The topological polar surface area (TPSA) is 53.7 Å². The average Bonchev–Trinajstić information content (AvgIpc) is 3.18. The molecule has 1 atom stereocenters. The molecule has 1 saturated heterocycles. The zero-order valence-electron chi connectivity index (χ0n) is 11.4. The molecule has 0 radical (unpaired) electrons. The molecule has 5 heteroatoms. The van der Waals surface area contributed by atoms with Crippen LogP contribution >= 0.6 is 0 Å². The first-order valence-electron chi connectivity index (χ1n) is 7.28. The zero-order chi connectivity index (χ0) is 13.5. The van der Waals surface area contributed by atoms with Gasteiger partial charge in [-0.1, -0.05) is 6.08 Å². The van der Waals surface area contributed by atoms with E-state index in [9.17, 15) is 5.11 Å². The highest BCUT2D eigenvalue weighted by Gasteiger charge is 2.24. The molecule has 2 aliphatic rings. The molecule has 0 amide bonds. The Morgan fingerprint density at radius 3 is 3.05 bits per heavy atom. The molecule has 3 heterocycles. The van der Waals surface area contributed by atoms with Gasteiger partial charge in [0.2, 0.25) is 0 Å². The Kier molecular flexibility index (Phi) is 2.73. The number of hydrogen-bond acceptors (Lipinski definition) is 4. The first-order valence-corrected chi connectivity index (χ1v) is 7.28. The zero-order valence-corrected chi connectivity index (χ0v) is 11.4. The lowest BCUT2D eigenvalue weighted by molar-refractivity contribution is 0.198. The molecule has 0 aromatic carbocycles. The van der Waals surface area contributed by atoms with Crippen molar-refractivity contribution < 1.29 is 5.11 Å². The highest BCUT2D eigenvalue weighted by molar-refractivity contribution is 5.69. The molecule has 4 rings (SSSR count). The molecule has 1 fully saturated rings. The van der Waals surface area contributed by atoms with Crippen LogP contribution in [0.4, 0.5) is 5.82 Å². The molecular weight excluding hydrogens is 252 g/mol. The lowest BCUT2D eigenvalue weighted by Gasteiger charge is -2.19. The Hall–Kier alpha value is -1.88. The van der Waals surface area contributed by atoms with E-state index in [0.29, 0.717) is 6.54 Å². The lowest BCUT2D eigenvalue weighted by Crippen LogP contribution is -2.24. The van der Waals surface area contributed by atoms with Gasteiger partial charge in [-0.15, -0.1) is 0 Å². The standard InChI is InChI=1S/C15H18N4O/c20-12-6-8-18(10-12)15-9-13(11-3-1-2-4-11)17-14-5-7-16-19(14)15/h3,5,7,9,12,20H,1-2,4,6,8,10H2. The van der Waals surface area contributed by atoms with Crippen LogP contribution in [0.2, 0.25) is 0 Å². The molecule has 0 bridgehead atoms. The molecule has 1 aliphatic heterocycles. The summed E-state index contributed by atoms with van der Waals surface area (Å²) in [7, 11) is 0. The number of hydrogen-bond donors (Lipinski definition) is 1. The Balaban J connectivity index is 1.83. The van der Waals surface area contributed by atoms with Crippen LogP contribution in [-0.4, -0.2) is 38.9 Å². The minimum Gasteiger partial charge on any atom is -0.391 e. The van der Waals surface area contributed by atoms with Crippen molar-refractivity contribution in [3.63, 3.8) is 0 Å². The molecule has 1 N–H and O–H groups in total. The normalized spacial score (nSPS) is 22.8. The predicted octanol–water partition coefficient (Wildman–Crippen LogP) is 1.87. The van der Waals surface area contributed by atoms with Crippen LogP contribution in [0.1, 0.15) is 31.4 Å². The highest BCUT2D eigenvalue weighted by Crippen LogP contribution is 2.30. The van der Waals surface area contributed by atoms with Crippen molar-refractivity contribution in [2.45, 2.75) is 31.8 Å². The van der Waals surface area contributed by atoms with Crippen LogP contribution in [0, 0.1) is 0 Å². The van der Waals surface area contributed by atoms with Crippen molar-refractivity contribution in [1.29, 1.82) is 0 Å². The number of rotatable bonds is 2. The van der Waals surface area contributed by atoms with Crippen LogP contribution in [-0.2, 0) is 0 Å². The van der Waals surface area contributed by atoms with E-state index in [1.807, 2.05) is 10.6 Å². The predicted molar refractivity (Wildman–Crippen MR) is 77.7 cm³/mol. The average molecular weight is 270 g/mol. The van der Waals surface area contributed by atoms with E-state index < -0.39 is 0 Å². The lowest BCUT2D eigenvalue weighted by atomic mass is 10.1. The van der Waals surface area contributed by atoms with Gasteiger partial charge in [0.15, 0.2) is 5.65 Å². The largest absolute Gasteiger partial charge is 0.391 e. The van der Waals surface area contributed by atoms with Crippen LogP contribution in [0.15, 0.2) is 24.4 Å². The third-order valence-corrected chi connectivity index (χ3v) is 4.20. The minimum absolute atomic E-state index is 0.233. The Bertz CT molecular complexity index is 676. The van der Waals surface area contributed by atoms with Crippen LogP contribution < -0.4 is 4.90 Å². The number of aliphatic hydroxyl groups excluding tert-OH is 1. The van der Waals surface area contributed by atoms with Gasteiger partial charge in [-0.3, -0.25) is 0 Å². The third kappa shape index (κ3) is 1.89. The molecule has 1 aliphatic carbocycles. The van der Waals surface area contributed by atoms with Crippen LogP contribution in [0.3, 0.4) is 0 Å². The van der Waals surface area contributed by atoms with Gasteiger partial charge in [-0.2, -0.15) is 9.61 Å². The summed E-state index contributed by atoms with van der Waals surface area (Å²) in [5.41, 5.74) is 3.29. The minimum atomic E-state index is -0.233. The number of allylic oxidation sites excluding steroid dienone is 2. The second kappa shape index (κ2) is 4.59. The molecule has 1 unspecified atom stereocenters. The van der Waals surface area contributed by atoms with E-state index in [1.54, 1.807) is 6.20 Å². The monoisotopic (exact) mass is 270 g/mol. The van der Waals surface area contributed by atoms with Gasteiger partial charge in [0.1, 0.15) is 5.82 Å². The van der Waals surface area contributed by atoms with E-state index in [-0.39, 0.29) is 6.10 Å². The summed E-state index contributed by atoms with van der Waals surface area (Å²) in [5, 5.41) is 14.1. The van der Waals surface area contributed by atoms with E-state index in [2.05, 4.69) is 22.1 Å². The molecule has 2 aromatic rings. The first kappa shape index (κ1) is 11.9. The van der Waals surface area contributed by atoms with Gasteiger partial charge in [0, 0.05) is 25.2 Å². The summed E-state index contributed by atoms with van der Waals surface area (Å²) >= 11 is 0. The van der Waals surface area contributed by atoms with Crippen molar-refractivity contribution in [1.82, 2.24) is 14.6 Å². The maximum absolute atomic E-state index is 9.77. The van der Waals surface area contributed by atoms with E-state index in [4.69, 9.17) is 4.98 Å². The fourth-order valence-electron chi connectivity index (χ4n) is 3.14. The summed E-state index contributed by atoms with van der Waals surface area (Å²) in [6.45, 7) is 1.55.